The number of carbonyl (C=O) groups is 2. The molecule has 0 radical (unpaired) electrons. The number of ether oxygens (including phenoxy) is 2. The summed E-state index contributed by atoms with van der Waals surface area (Å²) in [6.07, 6.45) is 5.92. The van der Waals surface area contributed by atoms with Crippen molar-refractivity contribution < 1.29 is 19.1 Å². The lowest BCUT2D eigenvalue weighted by Crippen LogP contribution is -2.20. The number of aldehydes is 2. The second kappa shape index (κ2) is 13.7. The highest BCUT2D eigenvalue weighted by Crippen LogP contribution is 2.35. The Morgan fingerprint density at radius 3 is 2.42 bits per heavy atom. The summed E-state index contributed by atoms with van der Waals surface area (Å²) >= 11 is 6.50. The minimum atomic E-state index is -0.232. The number of benzene rings is 4. The molecular formula is C38H27ClN4O5. The molecule has 0 fully saturated rings. The quantitative estimate of drug-likeness (QED) is 0.140. The van der Waals surface area contributed by atoms with Crippen LogP contribution in [0.1, 0.15) is 48.5 Å². The maximum atomic E-state index is 13.5. The van der Waals surface area contributed by atoms with E-state index in [9.17, 15) is 14.4 Å². The van der Waals surface area contributed by atoms with Crippen LogP contribution in [0.3, 0.4) is 0 Å². The van der Waals surface area contributed by atoms with Gasteiger partial charge >= 0.3 is 0 Å². The molecule has 10 heteroatoms. The van der Waals surface area contributed by atoms with Crippen molar-refractivity contribution in [3.05, 3.63) is 146 Å². The Kier molecular flexibility index (Phi) is 9.10. The molecule has 0 amide bonds. The van der Waals surface area contributed by atoms with E-state index in [4.69, 9.17) is 26.3 Å². The molecular weight excluding hydrogens is 628 g/mol. The number of fused-ring (bicyclic) bond motifs is 1. The number of carbonyl (C=O) groups excluding carboxylic acids is 2. The first-order valence-electron chi connectivity index (χ1n) is 14.8. The second-order valence-electron chi connectivity index (χ2n) is 11.1. The monoisotopic (exact) mass is 654 g/mol. The standard InChI is InChI=1S/C38H27ClN4O5/c1-23-28(21-48-37-14-36(29(19-45)13-33(37)39)47-20-27-11-26(15-40)16-41-17-27)5-3-6-30(23)31-7-4-8-35(24(31)2)43-22-42-34-12-25(18-44)9-10-32(34)38(43)46/h3-14,16-19,22H,20-21H2,1-2H3. The van der Waals surface area contributed by atoms with E-state index in [0.717, 1.165) is 34.1 Å². The maximum Gasteiger partial charge on any atom is 0.265 e. The number of hydrogen-bond donors (Lipinski definition) is 0. The van der Waals surface area contributed by atoms with Crippen LogP contribution in [0.5, 0.6) is 11.5 Å². The summed E-state index contributed by atoms with van der Waals surface area (Å²) < 4.78 is 13.6. The molecule has 4 aromatic carbocycles. The molecule has 0 aliphatic rings. The molecule has 2 heterocycles. The van der Waals surface area contributed by atoms with Crippen LogP contribution in [-0.2, 0) is 13.2 Å². The molecule has 0 atom stereocenters. The van der Waals surface area contributed by atoms with Gasteiger partial charge in [0.2, 0.25) is 0 Å². The number of nitriles is 1. The van der Waals surface area contributed by atoms with Gasteiger partial charge in [0, 0.05) is 29.6 Å². The fourth-order valence-corrected chi connectivity index (χ4v) is 5.74. The van der Waals surface area contributed by atoms with E-state index in [1.54, 1.807) is 36.5 Å². The Morgan fingerprint density at radius 2 is 1.65 bits per heavy atom. The van der Waals surface area contributed by atoms with Gasteiger partial charge in [-0.3, -0.25) is 23.9 Å². The zero-order valence-corrected chi connectivity index (χ0v) is 26.7. The van der Waals surface area contributed by atoms with Gasteiger partial charge in [-0.2, -0.15) is 5.26 Å². The molecule has 0 spiro atoms. The fraction of sp³-hybridized carbons (Fsp3) is 0.105. The van der Waals surface area contributed by atoms with Crippen LogP contribution in [0.25, 0.3) is 27.7 Å². The number of hydrogen-bond acceptors (Lipinski definition) is 8. The highest BCUT2D eigenvalue weighted by atomic mass is 35.5. The molecule has 6 rings (SSSR count). The maximum absolute atomic E-state index is 13.5. The predicted molar refractivity (Wildman–Crippen MR) is 182 cm³/mol. The van der Waals surface area contributed by atoms with Gasteiger partial charge in [0.25, 0.3) is 5.56 Å². The van der Waals surface area contributed by atoms with Crippen LogP contribution in [0.2, 0.25) is 5.02 Å². The fourth-order valence-electron chi connectivity index (χ4n) is 5.51. The predicted octanol–water partition coefficient (Wildman–Crippen LogP) is 7.37. The van der Waals surface area contributed by atoms with Crippen molar-refractivity contribution in [1.29, 1.82) is 5.26 Å². The van der Waals surface area contributed by atoms with Crippen LogP contribution >= 0.6 is 11.6 Å². The molecule has 2 aromatic heterocycles. The van der Waals surface area contributed by atoms with Crippen LogP contribution in [0, 0.1) is 25.2 Å². The number of nitrogens with zero attached hydrogens (tertiary/aromatic N) is 4. The number of aromatic nitrogens is 3. The van der Waals surface area contributed by atoms with Crippen molar-refractivity contribution in [2.75, 3.05) is 0 Å². The van der Waals surface area contributed by atoms with Gasteiger partial charge in [0.05, 0.1) is 32.7 Å². The molecule has 0 N–H and O–H groups in total. The third-order valence-electron chi connectivity index (χ3n) is 8.11. The molecule has 0 saturated carbocycles. The molecule has 9 nitrogen and oxygen atoms in total. The van der Waals surface area contributed by atoms with Crippen molar-refractivity contribution in [3.63, 3.8) is 0 Å². The smallest absolute Gasteiger partial charge is 0.265 e. The molecule has 0 bridgehead atoms. The van der Waals surface area contributed by atoms with Gasteiger partial charge in [-0.1, -0.05) is 48.0 Å². The number of pyridine rings is 1. The molecule has 6 aromatic rings. The van der Waals surface area contributed by atoms with Crippen LogP contribution < -0.4 is 15.0 Å². The summed E-state index contributed by atoms with van der Waals surface area (Å²) in [4.78, 5) is 44.9. The first-order valence-corrected chi connectivity index (χ1v) is 15.2. The zero-order valence-electron chi connectivity index (χ0n) is 25.9. The summed E-state index contributed by atoms with van der Waals surface area (Å²) in [6, 6.07) is 23.3. The molecule has 48 heavy (non-hydrogen) atoms. The first-order chi connectivity index (χ1) is 23.3. The van der Waals surface area contributed by atoms with Gasteiger partial charge in [0.15, 0.2) is 6.29 Å². The minimum absolute atomic E-state index is 0.0898. The van der Waals surface area contributed by atoms with Gasteiger partial charge in [-0.25, -0.2) is 4.98 Å². The molecule has 0 unspecified atom stereocenters. The lowest BCUT2D eigenvalue weighted by Gasteiger charge is -2.18. The zero-order chi connectivity index (χ0) is 33.8. The van der Waals surface area contributed by atoms with Crippen molar-refractivity contribution >= 4 is 35.1 Å². The summed E-state index contributed by atoms with van der Waals surface area (Å²) in [7, 11) is 0. The van der Waals surface area contributed by atoms with Gasteiger partial charge < -0.3 is 9.47 Å². The van der Waals surface area contributed by atoms with E-state index in [-0.39, 0.29) is 35.1 Å². The average molecular weight is 655 g/mol. The summed E-state index contributed by atoms with van der Waals surface area (Å²) in [5.41, 5.74) is 7.38. The lowest BCUT2D eigenvalue weighted by molar-refractivity contribution is 0.111. The van der Waals surface area contributed by atoms with Gasteiger partial charge in [-0.15, -0.1) is 0 Å². The second-order valence-corrected chi connectivity index (χ2v) is 11.5. The van der Waals surface area contributed by atoms with Crippen molar-refractivity contribution in [2.24, 2.45) is 0 Å². The van der Waals surface area contributed by atoms with E-state index < -0.39 is 0 Å². The Bertz CT molecular complexity index is 2330. The van der Waals surface area contributed by atoms with Crippen molar-refractivity contribution in [3.8, 4) is 34.4 Å². The van der Waals surface area contributed by atoms with E-state index in [1.165, 1.54) is 23.2 Å². The normalized spacial score (nSPS) is 10.8. The summed E-state index contributed by atoms with van der Waals surface area (Å²) in [6.45, 7) is 4.24. The minimum Gasteiger partial charge on any atom is -0.488 e. The Morgan fingerprint density at radius 1 is 0.875 bits per heavy atom. The van der Waals surface area contributed by atoms with Crippen molar-refractivity contribution in [2.45, 2.75) is 27.1 Å². The summed E-state index contributed by atoms with van der Waals surface area (Å²) in [5, 5.41) is 9.82. The molecule has 0 saturated heterocycles. The van der Waals surface area contributed by atoms with Crippen molar-refractivity contribution in [1.82, 2.24) is 14.5 Å². The van der Waals surface area contributed by atoms with E-state index in [0.29, 0.717) is 45.3 Å². The van der Waals surface area contributed by atoms with Crippen LogP contribution in [0.4, 0.5) is 0 Å². The van der Waals surface area contributed by atoms with Gasteiger partial charge in [-0.05, 0) is 72.0 Å². The molecule has 0 aliphatic carbocycles. The first kappa shape index (κ1) is 31.9. The lowest BCUT2D eigenvalue weighted by atomic mass is 9.93. The highest BCUT2D eigenvalue weighted by molar-refractivity contribution is 6.32. The van der Waals surface area contributed by atoms with E-state index in [2.05, 4.69) is 9.97 Å². The topological polar surface area (TPSA) is 124 Å². The largest absolute Gasteiger partial charge is 0.488 e. The Labute approximate surface area is 280 Å². The highest BCUT2D eigenvalue weighted by Gasteiger charge is 2.16. The van der Waals surface area contributed by atoms with E-state index in [1.807, 2.05) is 56.3 Å². The molecule has 0 aliphatic heterocycles. The number of halogens is 1. The van der Waals surface area contributed by atoms with E-state index >= 15 is 0 Å². The SMILES string of the molecule is Cc1c(COc2cc(OCc3cncc(C#N)c3)c(C=O)cc2Cl)cccc1-c1cccc(-n2cnc3cc(C=O)ccc3c2=O)c1C. The van der Waals surface area contributed by atoms with Gasteiger partial charge in [0.1, 0.15) is 43.4 Å². The van der Waals surface area contributed by atoms with Crippen LogP contribution in [-0.4, -0.2) is 27.1 Å². The average Bonchev–Trinajstić information content (AvgIpc) is 3.11. The molecule has 236 valence electrons. The third-order valence-corrected chi connectivity index (χ3v) is 8.41. The Balaban J connectivity index is 1.27. The Hall–Kier alpha value is -6.11. The third kappa shape index (κ3) is 6.30. The van der Waals surface area contributed by atoms with Crippen LogP contribution in [0.15, 0.2) is 96.3 Å². The summed E-state index contributed by atoms with van der Waals surface area (Å²) in [5.74, 6) is 0.625. The number of rotatable bonds is 10.